The summed E-state index contributed by atoms with van der Waals surface area (Å²) in [5, 5.41) is 0. The van der Waals surface area contributed by atoms with E-state index in [0.717, 1.165) is 0 Å². The van der Waals surface area contributed by atoms with Crippen LogP contribution in [0, 0.1) is 0 Å². The van der Waals surface area contributed by atoms with E-state index in [1.807, 2.05) is 0 Å². The highest BCUT2D eigenvalue weighted by molar-refractivity contribution is 5.10. The zero-order valence-electron chi connectivity index (χ0n) is 13.2. The predicted molar refractivity (Wildman–Crippen MR) is 85.7 cm³/mol. The van der Waals surface area contributed by atoms with Crippen LogP contribution in [0.3, 0.4) is 0 Å². The Kier molecular flexibility index (Phi) is 9.57. The van der Waals surface area contributed by atoms with E-state index < -0.39 is 0 Å². The fourth-order valence-corrected chi connectivity index (χ4v) is 2.67. The number of hydrogen-bond acceptors (Lipinski definition) is 0. The number of unbranched alkanes of at least 4 members (excludes halogenated alkanes) is 8. The van der Waals surface area contributed by atoms with Crippen molar-refractivity contribution in [1.82, 2.24) is 4.57 Å². The van der Waals surface area contributed by atoms with Gasteiger partial charge in [-0.15, -0.1) is 0 Å². The van der Waals surface area contributed by atoms with E-state index in [1.165, 1.54) is 82.7 Å². The van der Waals surface area contributed by atoms with Gasteiger partial charge in [-0.05, 0) is 24.5 Å². The first kappa shape index (κ1) is 16.3. The zero-order valence-corrected chi connectivity index (χ0v) is 13.2. The predicted octanol–water partition coefficient (Wildman–Crippen LogP) is 5.97. The zero-order chi connectivity index (χ0) is 13.8. The molecule has 1 rings (SSSR count). The van der Waals surface area contributed by atoms with Crippen molar-refractivity contribution in [3.63, 3.8) is 0 Å². The lowest BCUT2D eigenvalue weighted by molar-refractivity contribution is 0.539. The van der Waals surface area contributed by atoms with Crippen molar-refractivity contribution in [1.29, 1.82) is 0 Å². The Hall–Kier alpha value is -0.720. The maximum absolute atomic E-state index is 2.37. The molecule has 0 aliphatic heterocycles. The van der Waals surface area contributed by atoms with Crippen molar-refractivity contribution in [2.24, 2.45) is 0 Å². The molecule has 0 atom stereocenters. The van der Waals surface area contributed by atoms with Gasteiger partial charge in [0.2, 0.25) is 0 Å². The number of aromatic nitrogens is 1. The smallest absolute Gasteiger partial charge is 0.0219 e. The summed E-state index contributed by atoms with van der Waals surface area (Å²) in [6.07, 6.45) is 19.8. The van der Waals surface area contributed by atoms with Crippen LogP contribution in [0.1, 0.15) is 83.6 Å². The summed E-state index contributed by atoms with van der Waals surface area (Å²) in [6, 6.07) is 2.28. The highest BCUT2D eigenvalue weighted by atomic mass is 14.9. The summed E-state index contributed by atoms with van der Waals surface area (Å²) in [5.74, 6) is 0. The average Bonchev–Trinajstić information content (AvgIpc) is 2.85. The molecule has 1 heterocycles. The van der Waals surface area contributed by atoms with Crippen LogP contribution < -0.4 is 0 Å². The highest BCUT2D eigenvalue weighted by Crippen LogP contribution is 2.11. The molecule has 0 aliphatic carbocycles. The lowest BCUT2D eigenvalue weighted by Crippen LogP contribution is -1.94. The molecule has 0 bridgehead atoms. The van der Waals surface area contributed by atoms with Crippen LogP contribution in [0.15, 0.2) is 18.5 Å². The van der Waals surface area contributed by atoms with Gasteiger partial charge in [0.15, 0.2) is 0 Å². The third-order valence-electron chi connectivity index (χ3n) is 3.87. The Balaban J connectivity index is 1.92. The monoisotopic (exact) mass is 263 g/mol. The van der Waals surface area contributed by atoms with Crippen LogP contribution in [-0.4, -0.2) is 4.57 Å². The molecule has 0 aromatic carbocycles. The normalized spacial score (nSPS) is 11.1. The molecule has 19 heavy (non-hydrogen) atoms. The van der Waals surface area contributed by atoms with Crippen molar-refractivity contribution in [3.8, 4) is 0 Å². The van der Waals surface area contributed by atoms with Crippen molar-refractivity contribution in [2.75, 3.05) is 0 Å². The first-order valence-electron chi connectivity index (χ1n) is 8.51. The van der Waals surface area contributed by atoms with Gasteiger partial charge in [0.1, 0.15) is 0 Å². The fraction of sp³-hybridized carbons (Fsp3) is 0.778. The van der Waals surface area contributed by atoms with E-state index in [-0.39, 0.29) is 0 Å². The summed E-state index contributed by atoms with van der Waals surface area (Å²) < 4.78 is 2.37. The molecule has 110 valence electrons. The minimum Gasteiger partial charge on any atom is -0.354 e. The topological polar surface area (TPSA) is 4.93 Å². The van der Waals surface area contributed by atoms with Crippen molar-refractivity contribution in [3.05, 3.63) is 24.0 Å². The summed E-state index contributed by atoms with van der Waals surface area (Å²) in [5.41, 5.74) is 1.50. The maximum atomic E-state index is 2.37. The third-order valence-corrected chi connectivity index (χ3v) is 3.87. The molecular weight excluding hydrogens is 230 g/mol. The molecule has 1 aromatic heterocycles. The lowest BCUT2D eigenvalue weighted by Gasteiger charge is -2.03. The number of aryl methyl sites for hydroxylation is 2. The van der Waals surface area contributed by atoms with E-state index in [2.05, 4.69) is 36.9 Å². The van der Waals surface area contributed by atoms with E-state index >= 15 is 0 Å². The molecule has 0 amide bonds. The Labute approximate surface area is 120 Å². The van der Waals surface area contributed by atoms with Gasteiger partial charge in [-0.2, -0.15) is 0 Å². The minimum absolute atomic E-state index is 1.21. The Morgan fingerprint density at radius 2 is 1.42 bits per heavy atom. The molecule has 0 aliphatic rings. The lowest BCUT2D eigenvalue weighted by atomic mass is 10.1. The average molecular weight is 263 g/mol. The molecule has 0 N–H and O–H groups in total. The summed E-state index contributed by atoms with van der Waals surface area (Å²) in [4.78, 5) is 0. The van der Waals surface area contributed by atoms with E-state index in [9.17, 15) is 0 Å². The molecule has 0 saturated carbocycles. The molecule has 0 spiro atoms. The van der Waals surface area contributed by atoms with Gasteiger partial charge in [0.25, 0.3) is 0 Å². The van der Waals surface area contributed by atoms with Crippen LogP contribution in [-0.2, 0) is 13.0 Å². The van der Waals surface area contributed by atoms with Gasteiger partial charge in [0.05, 0.1) is 0 Å². The SMILES string of the molecule is CCCCCCCCCCCn1ccc(CCC)c1. The van der Waals surface area contributed by atoms with Gasteiger partial charge in [-0.3, -0.25) is 0 Å². The number of rotatable bonds is 12. The molecule has 1 heteroatoms. The van der Waals surface area contributed by atoms with Crippen LogP contribution in [0.25, 0.3) is 0 Å². The van der Waals surface area contributed by atoms with Crippen molar-refractivity contribution < 1.29 is 0 Å². The standard InChI is InChI=1S/C18H33N/c1-3-5-6-7-8-9-10-11-12-15-19-16-14-18(17-19)13-4-2/h14,16-17H,3-13,15H2,1-2H3. The van der Waals surface area contributed by atoms with E-state index in [4.69, 9.17) is 0 Å². The van der Waals surface area contributed by atoms with Crippen LogP contribution in [0.5, 0.6) is 0 Å². The van der Waals surface area contributed by atoms with Crippen LogP contribution in [0.4, 0.5) is 0 Å². The second-order valence-electron chi connectivity index (χ2n) is 5.84. The number of nitrogens with zero attached hydrogens (tertiary/aromatic N) is 1. The molecule has 0 fully saturated rings. The van der Waals surface area contributed by atoms with E-state index in [0.29, 0.717) is 0 Å². The van der Waals surface area contributed by atoms with Gasteiger partial charge in [0, 0.05) is 18.9 Å². The second kappa shape index (κ2) is 11.1. The quantitative estimate of drug-likeness (QED) is 0.409. The van der Waals surface area contributed by atoms with Crippen LogP contribution in [0.2, 0.25) is 0 Å². The maximum Gasteiger partial charge on any atom is 0.0219 e. The largest absolute Gasteiger partial charge is 0.354 e. The Bertz CT molecular complexity index is 300. The van der Waals surface area contributed by atoms with Crippen LogP contribution >= 0.6 is 0 Å². The number of hydrogen-bond donors (Lipinski definition) is 0. The summed E-state index contributed by atoms with van der Waals surface area (Å²) >= 11 is 0. The van der Waals surface area contributed by atoms with E-state index in [1.54, 1.807) is 0 Å². The second-order valence-corrected chi connectivity index (χ2v) is 5.84. The molecule has 0 unspecified atom stereocenters. The van der Waals surface area contributed by atoms with Gasteiger partial charge in [-0.1, -0.05) is 71.6 Å². The minimum atomic E-state index is 1.21. The Morgan fingerprint density at radius 1 is 0.789 bits per heavy atom. The first-order valence-corrected chi connectivity index (χ1v) is 8.51. The summed E-state index contributed by atoms with van der Waals surface area (Å²) in [6.45, 7) is 5.74. The fourth-order valence-electron chi connectivity index (χ4n) is 2.67. The molecule has 1 nitrogen and oxygen atoms in total. The first-order chi connectivity index (χ1) is 9.36. The van der Waals surface area contributed by atoms with Crippen molar-refractivity contribution >= 4 is 0 Å². The summed E-state index contributed by atoms with van der Waals surface area (Å²) in [7, 11) is 0. The third kappa shape index (κ3) is 8.13. The molecule has 1 aromatic rings. The van der Waals surface area contributed by atoms with Crippen molar-refractivity contribution in [2.45, 2.75) is 91.0 Å². The molecule has 0 saturated heterocycles. The van der Waals surface area contributed by atoms with Gasteiger partial charge < -0.3 is 4.57 Å². The molecular formula is C18H33N. The van der Waals surface area contributed by atoms with Gasteiger partial charge >= 0.3 is 0 Å². The Morgan fingerprint density at radius 3 is 2.05 bits per heavy atom. The highest BCUT2D eigenvalue weighted by Gasteiger charge is 1.96. The van der Waals surface area contributed by atoms with Gasteiger partial charge in [-0.25, -0.2) is 0 Å². The molecule has 0 radical (unpaired) electrons.